The summed E-state index contributed by atoms with van der Waals surface area (Å²) in [5, 5.41) is 7.30. The van der Waals surface area contributed by atoms with E-state index in [0.717, 1.165) is 12.1 Å². The van der Waals surface area contributed by atoms with Crippen LogP contribution in [0.1, 0.15) is 17.5 Å². The van der Waals surface area contributed by atoms with E-state index in [-0.39, 0.29) is 11.9 Å². The van der Waals surface area contributed by atoms with Crippen LogP contribution in [0.4, 0.5) is 10.1 Å². The molecule has 1 aromatic heterocycles. The average Bonchev–Trinajstić information content (AvgIpc) is 3.14. The molecule has 0 radical (unpaired) electrons. The maximum absolute atomic E-state index is 13.2. The van der Waals surface area contributed by atoms with Crippen molar-refractivity contribution in [1.82, 2.24) is 10.1 Å². The molecular formula is C16H12FN3O. The Kier molecular flexibility index (Phi) is 2.70. The molecule has 0 saturated carbocycles. The standard InChI is InChI=1S/C16H12FN3O/c17-12-6-3-5-11(8-12)15-19-16(21-20-15)14-9-10-4-1-2-7-13(10)18-14/h1-8,14,18H,9H2/t14-/m0/s1. The van der Waals surface area contributed by atoms with Crippen molar-refractivity contribution in [1.29, 1.82) is 0 Å². The maximum Gasteiger partial charge on any atom is 0.249 e. The predicted octanol–water partition coefficient (Wildman–Crippen LogP) is 3.59. The zero-order valence-electron chi connectivity index (χ0n) is 11.1. The normalized spacial score (nSPS) is 16.5. The van der Waals surface area contributed by atoms with Gasteiger partial charge in [0.05, 0.1) is 0 Å². The van der Waals surface area contributed by atoms with Gasteiger partial charge in [-0.2, -0.15) is 4.98 Å². The SMILES string of the molecule is Fc1cccc(-c2noc([C@@H]3Cc4ccccc4N3)n2)c1. The summed E-state index contributed by atoms with van der Waals surface area (Å²) in [5.41, 5.74) is 2.93. The second-order valence-corrected chi connectivity index (χ2v) is 5.02. The molecule has 1 aliphatic rings. The van der Waals surface area contributed by atoms with Crippen molar-refractivity contribution in [3.05, 3.63) is 65.8 Å². The van der Waals surface area contributed by atoms with Gasteiger partial charge >= 0.3 is 0 Å². The van der Waals surface area contributed by atoms with E-state index >= 15 is 0 Å². The van der Waals surface area contributed by atoms with Crippen LogP contribution in [0.3, 0.4) is 0 Å². The first kappa shape index (κ1) is 12.1. The molecule has 1 atom stereocenters. The Morgan fingerprint density at radius 2 is 2.05 bits per heavy atom. The van der Waals surface area contributed by atoms with Gasteiger partial charge in [0.15, 0.2) is 0 Å². The van der Waals surface area contributed by atoms with E-state index in [4.69, 9.17) is 4.52 Å². The number of anilines is 1. The minimum atomic E-state index is -0.315. The summed E-state index contributed by atoms with van der Waals surface area (Å²) < 4.78 is 18.6. The Bertz CT molecular complexity index is 774. The summed E-state index contributed by atoms with van der Waals surface area (Å²) >= 11 is 0. The Morgan fingerprint density at radius 3 is 2.90 bits per heavy atom. The van der Waals surface area contributed by atoms with Crippen LogP contribution in [0.25, 0.3) is 11.4 Å². The number of benzene rings is 2. The molecule has 0 unspecified atom stereocenters. The van der Waals surface area contributed by atoms with Crippen LogP contribution in [0.2, 0.25) is 0 Å². The van der Waals surface area contributed by atoms with E-state index in [0.29, 0.717) is 17.3 Å². The first-order valence-corrected chi connectivity index (χ1v) is 6.73. The number of hydrogen-bond donors (Lipinski definition) is 1. The van der Waals surface area contributed by atoms with E-state index in [2.05, 4.69) is 21.5 Å². The fourth-order valence-corrected chi connectivity index (χ4v) is 2.57. The predicted molar refractivity (Wildman–Crippen MR) is 76.2 cm³/mol. The quantitative estimate of drug-likeness (QED) is 0.780. The van der Waals surface area contributed by atoms with Crippen LogP contribution < -0.4 is 5.32 Å². The highest BCUT2D eigenvalue weighted by Crippen LogP contribution is 2.33. The minimum absolute atomic E-state index is 0.0304. The van der Waals surface area contributed by atoms with Crippen molar-refractivity contribution in [2.24, 2.45) is 0 Å². The molecule has 2 heterocycles. The largest absolute Gasteiger partial charge is 0.373 e. The van der Waals surface area contributed by atoms with Crippen LogP contribution in [0.15, 0.2) is 53.1 Å². The van der Waals surface area contributed by atoms with Gasteiger partial charge in [-0.3, -0.25) is 0 Å². The summed E-state index contributed by atoms with van der Waals surface area (Å²) in [5.74, 6) is 0.609. The van der Waals surface area contributed by atoms with Gasteiger partial charge in [0.2, 0.25) is 11.7 Å². The second-order valence-electron chi connectivity index (χ2n) is 5.02. The van der Waals surface area contributed by atoms with Crippen molar-refractivity contribution in [2.45, 2.75) is 12.5 Å². The van der Waals surface area contributed by atoms with Crippen molar-refractivity contribution < 1.29 is 8.91 Å². The summed E-state index contributed by atoms with van der Waals surface area (Å²) in [6.07, 6.45) is 0.807. The van der Waals surface area contributed by atoms with Crippen LogP contribution in [-0.2, 0) is 6.42 Å². The number of fused-ring (bicyclic) bond motifs is 1. The van der Waals surface area contributed by atoms with Gasteiger partial charge in [0.1, 0.15) is 11.9 Å². The van der Waals surface area contributed by atoms with Gasteiger partial charge in [0.25, 0.3) is 0 Å². The molecule has 4 nitrogen and oxygen atoms in total. The van der Waals surface area contributed by atoms with Gasteiger partial charge < -0.3 is 9.84 Å². The van der Waals surface area contributed by atoms with E-state index < -0.39 is 0 Å². The topological polar surface area (TPSA) is 51.0 Å². The highest BCUT2D eigenvalue weighted by Gasteiger charge is 2.26. The molecule has 2 aromatic carbocycles. The molecule has 1 aliphatic heterocycles. The highest BCUT2D eigenvalue weighted by atomic mass is 19.1. The van der Waals surface area contributed by atoms with Crippen LogP contribution >= 0.6 is 0 Å². The van der Waals surface area contributed by atoms with Gasteiger partial charge in [-0.1, -0.05) is 35.5 Å². The Morgan fingerprint density at radius 1 is 1.14 bits per heavy atom. The monoisotopic (exact) mass is 281 g/mol. The molecule has 0 amide bonds. The zero-order chi connectivity index (χ0) is 14.2. The Labute approximate surface area is 120 Å². The molecule has 3 aromatic rings. The lowest BCUT2D eigenvalue weighted by atomic mass is 10.1. The van der Waals surface area contributed by atoms with Gasteiger partial charge in [0, 0.05) is 17.7 Å². The van der Waals surface area contributed by atoms with E-state index in [1.165, 1.54) is 17.7 Å². The molecule has 104 valence electrons. The van der Waals surface area contributed by atoms with Crippen molar-refractivity contribution in [3.8, 4) is 11.4 Å². The van der Waals surface area contributed by atoms with Gasteiger partial charge in [-0.05, 0) is 23.8 Å². The van der Waals surface area contributed by atoms with Crippen LogP contribution in [-0.4, -0.2) is 10.1 Å². The smallest absolute Gasteiger partial charge is 0.249 e. The van der Waals surface area contributed by atoms with E-state index in [1.807, 2.05) is 18.2 Å². The zero-order valence-corrected chi connectivity index (χ0v) is 11.1. The third-order valence-electron chi connectivity index (χ3n) is 3.59. The first-order chi connectivity index (χ1) is 10.3. The molecule has 4 rings (SSSR count). The minimum Gasteiger partial charge on any atom is -0.373 e. The van der Waals surface area contributed by atoms with E-state index in [9.17, 15) is 4.39 Å². The average molecular weight is 281 g/mol. The third-order valence-corrected chi connectivity index (χ3v) is 3.59. The highest BCUT2D eigenvalue weighted by molar-refractivity contribution is 5.58. The summed E-state index contributed by atoms with van der Waals surface area (Å²) in [4.78, 5) is 4.38. The lowest BCUT2D eigenvalue weighted by Gasteiger charge is -2.04. The Balaban J connectivity index is 1.62. The van der Waals surface area contributed by atoms with Crippen molar-refractivity contribution >= 4 is 5.69 Å². The molecular weight excluding hydrogens is 269 g/mol. The molecule has 1 N–H and O–H groups in total. The number of halogens is 1. The number of nitrogens with zero attached hydrogens (tertiary/aromatic N) is 2. The summed E-state index contributed by atoms with van der Waals surface area (Å²) in [7, 11) is 0. The van der Waals surface area contributed by atoms with E-state index in [1.54, 1.807) is 12.1 Å². The molecule has 0 aliphatic carbocycles. The summed E-state index contributed by atoms with van der Waals surface area (Å²) in [6, 6.07) is 14.2. The van der Waals surface area contributed by atoms with Crippen LogP contribution in [0, 0.1) is 5.82 Å². The first-order valence-electron chi connectivity index (χ1n) is 6.73. The maximum atomic E-state index is 13.2. The van der Waals surface area contributed by atoms with Crippen molar-refractivity contribution in [2.75, 3.05) is 5.32 Å². The molecule has 0 spiro atoms. The lowest BCUT2D eigenvalue weighted by molar-refractivity contribution is 0.364. The fraction of sp³-hybridized carbons (Fsp3) is 0.125. The number of nitrogens with one attached hydrogen (secondary N) is 1. The number of para-hydroxylation sites is 1. The Hall–Kier alpha value is -2.69. The van der Waals surface area contributed by atoms with Gasteiger partial charge in [-0.15, -0.1) is 0 Å². The number of rotatable bonds is 2. The van der Waals surface area contributed by atoms with Crippen LogP contribution in [0.5, 0.6) is 0 Å². The molecule has 0 fully saturated rings. The molecule has 0 bridgehead atoms. The second kappa shape index (κ2) is 4.70. The number of aromatic nitrogens is 2. The molecule has 0 saturated heterocycles. The molecule has 21 heavy (non-hydrogen) atoms. The summed E-state index contributed by atoms with van der Waals surface area (Å²) in [6.45, 7) is 0. The van der Waals surface area contributed by atoms with Gasteiger partial charge in [-0.25, -0.2) is 4.39 Å². The number of hydrogen-bond acceptors (Lipinski definition) is 4. The fourth-order valence-electron chi connectivity index (χ4n) is 2.57. The molecule has 5 heteroatoms. The van der Waals surface area contributed by atoms with Crippen molar-refractivity contribution in [3.63, 3.8) is 0 Å². The lowest BCUT2D eigenvalue weighted by Crippen LogP contribution is -2.05. The third kappa shape index (κ3) is 2.16.